The molecule has 6 heteroatoms. The fourth-order valence-electron chi connectivity index (χ4n) is 2.25. The van der Waals surface area contributed by atoms with Gasteiger partial charge >= 0.3 is 0 Å². The first-order chi connectivity index (χ1) is 8.99. The van der Waals surface area contributed by atoms with Crippen LogP contribution >= 0.6 is 23.2 Å². The van der Waals surface area contributed by atoms with Crippen LogP contribution in [0, 0.1) is 0 Å². The molecule has 0 unspecified atom stereocenters. The minimum atomic E-state index is -0.488. The third kappa shape index (κ3) is 3.32. The summed E-state index contributed by atoms with van der Waals surface area (Å²) in [5, 5.41) is 13.1. The Morgan fingerprint density at radius 3 is 2.42 bits per heavy atom. The molecule has 1 amide bonds. The predicted molar refractivity (Wildman–Crippen MR) is 76.6 cm³/mol. The summed E-state index contributed by atoms with van der Waals surface area (Å²) in [5.41, 5.74) is 6.23. The number of anilines is 1. The summed E-state index contributed by atoms with van der Waals surface area (Å²) in [6, 6.07) is 2.75. The van der Waals surface area contributed by atoms with Gasteiger partial charge in [0.1, 0.15) is 0 Å². The molecule has 1 aliphatic rings. The third-order valence-corrected chi connectivity index (χ3v) is 4.01. The van der Waals surface area contributed by atoms with Crippen molar-refractivity contribution in [3.63, 3.8) is 0 Å². The first-order valence-corrected chi connectivity index (χ1v) is 6.98. The molecule has 19 heavy (non-hydrogen) atoms. The van der Waals surface area contributed by atoms with E-state index < -0.39 is 6.10 Å². The molecule has 0 bridgehead atoms. The molecule has 1 aliphatic carbocycles. The number of rotatable bonds is 2. The Labute approximate surface area is 121 Å². The molecule has 0 aliphatic heterocycles. The lowest BCUT2D eigenvalue weighted by molar-refractivity contribution is 0.0717. The molecule has 0 saturated heterocycles. The van der Waals surface area contributed by atoms with Crippen LogP contribution in [0.4, 0.5) is 5.69 Å². The van der Waals surface area contributed by atoms with Crippen molar-refractivity contribution >= 4 is 34.8 Å². The molecule has 2 rings (SSSR count). The summed E-state index contributed by atoms with van der Waals surface area (Å²) in [6.45, 7) is 0. The van der Waals surface area contributed by atoms with Crippen LogP contribution in [0.5, 0.6) is 0 Å². The molecular formula is C13H16Cl2N2O2. The fourth-order valence-corrected chi connectivity index (χ4v) is 2.73. The number of benzene rings is 1. The average Bonchev–Trinajstić information content (AvgIpc) is 2.38. The molecule has 0 aromatic heterocycles. The van der Waals surface area contributed by atoms with Gasteiger partial charge in [0.2, 0.25) is 0 Å². The number of nitrogen functional groups attached to an aromatic ring is 1. The number of hydrogen-bond donors (Lipinski definition) is 3. The van der Waals surface area contributed by atoms with E-state index in [1.807, 2.05) is 0 Å². The molecule has 2 atom stereocenters. The summed E-state index contributed by atoms with van der Waals surface area (Å²) in [5.74, 6) is -0.297. The van der Waals surface area contributed by atoms with E-state index in [4.69, 9.17) is 28.9 Å². The highest BCUT2D eigenvalue weighted by Gasteiger charge is 2.25. The number of aliphatic hydroxyl groups is 1. The zero-order valence-electron chi connectivity index (χ0n) is 10.3. The maximum Gasteiger partial charge on any atom is 0.251 e. The number of amides is 1. The molecule has 4 nitrogen and oxygen atoms in total. The van der Waals surface area contributed by atoms with Gasteiger partial charge in [0, 0.05) is 5.56 Å². The van der Waals surface area contributed by atoms with Gasteiger partial charge in [-0.1, -0.05) is 36.0 Å². The Morgan fingerprint density at radius 1 is 1.26 bits per heavy atom. The van der Waals surface area contributed by atoms with Gasteiger partial charge < -0.3 is 16.2 Å². The first kappa shape index (κ1) is 14.4. The Kier molecular flexibility index (Phi) is 4.55. The van der Waals surface area contributed by atoms with Crippen LogP contribution in [0.15, 0.2) is 12.1 Å². The van der Waals surface area contributed by atoms with Gasteiger partial charge in [-0.2, -0.15) is 0 Å². The van der Waals surface area contributed by atoms with Crippen LogP contribution in [0.2, 0.25) is 10.0 Å². The second-order valence-electron chi connectivity index (χ2n) is 4.79. The quantitative estimate of drug-likeness (QED) is 0.735. The van der Waals surface area contributed by atoms with E-state index >= 15 is 0 Å². The van der Waals surface area contributed by atoms with E-state index in [0.717, 1.165) is 19.3 Å². The van der Waals surface area contributed by atoms with E-state index in [1.165, 1.54) is 12.1 Å². The number of aliphatic hydroxyl groups excluding tert-OH is 1. The van der Waals surface area contributed by atoms with Gasteiger partial charge in [-0.3, -0.25) is 4.79 Å². The predicted octanol–water partition coefficient (Wildman–Crippen LogP) is 2.61. The van der Waals surface area contributed by atoms with E-state index in [0.29, 0.717) is 12.0 Å². The molecule has 0 heterocycles. The van der Waals surface area contributed by atoms with Crippen molar-refractivity contribution in [1.82, 2.24) is 5.32 Å². The van der Waals surface area contributed by atoms with Crippen LogP contribution in [0.1, 0.15) is 36.0 Å². The molecule has 1 saturated carbocycles. The van der Waals surface area contributed by atoms with Crippen LogP contribution < -0.4 is 11.1 Å². The summed E-state index contributed by atoms with van der Waals surface area (Å²) in [6.07, 6.45) is 3.01. The van der Waals surface area contributed by atoms with Crippen LogP contribution in [-0.4, -0.2) is 23.2 Å². The summed E-state index contributed by atoms with van der Waals surface area (Å²) in [4.78, 5) is 12.1. The molecule has 4 N–H and O–H groups in total. The van der Waals surface area contributed by atoms with Gasteiger partial charge in [-0.05, 0) is 25.0 Å². The molecule has 1 aromatic carbocycles. The van der Waals surface area contributed by atoms with E-state index in [1.54, 1.807) is 0 Å². The zero-order valence-corrected chi connectivity index (χ0v) is 11.8. The van der Waals surface area contributed by atoms with Crippen molar-refractivity contribution in [3.8, 4) is 0 Å². The highest BCUT2D eigenvalue weighted by Crippen LogP contribution is 2.29. The van der Waals surface area contributed by atoms with E-state index in [2.05, 4.69) is 5.32 Å². The van der Waals surface area contributed by atoms with Gasteiger partial charge in [-0.15, -0.1) is 0 Å². The Morgan fingerprint density at radius 2 is 1.84 bits per heavy atom. The summed E-state index contributed by atoms with van der Waals surface area (Å²) in [7, 11) is 0. The van der Waals surface area contributed by atoms with Crippen LogP contribution in [-0.2, 0) is 0 Å². The van der Waals surface area contributed by atoms with Gasteiger partial charge in [0.05, 0.1) is 27.9 Å². The fraction of sp³-hybridized carbons (Fsp3) is 0.462. The molecule has 1 fully saturated rings. The molecule has 1 aromatic rings. The standard InChI is InChI=1S/C13H16Cl2N2O2/c14-8-5-7(6-9(15)12(8)16)13(19)17-10-3-1-2-4-11(10)18/h5-6,10-11,18H,1-4,16H2,(H,17,19)/t10-,11-/m1/s1. The number of nitrogens with two attached hydrogens (primary N) is 1. The molecule has 104 valence electrons. The van der Waals surface area contributed by atoms with E-state index in [9.17, 15) is 9.90 Å². The molecule has 0 spiro atoms. The summed E-state index contributed by atoms with van der Waals surface area (Å²) < 4.78 is 0. The second kappa shape index (κ2) is 5.99. The highest BCUT2D eigenvalue weighted by atomic mass is 35.5. The lowest BCUT2D eigenvalue weighted by Crippen LogP contribution is -2.45. The van der Waals surface area contributed by atoms with Crippen molar-refractivity contribution in [2.75, 3.05) is 5.73 Å². The Hall–Kier alpha value is -0.970. The minimum absolute atomic E-state index is 0.212. The Bertz CT molecular complexity index is 471. The summed E-state index contributed by atoms with van der Waals surface area (Å²) >= 11 is 11.8. The number of nitrogens with one attached hydrogen (secondary N) is 1. The topological polar surface area (TPSA) is 75.4 Å². The van der Waals surface area contributed by atoms with Crippen molar-refractivity contribution in [1.29, 1.82) is 0 Å². The number of carbonyl (C=O) groups is 1. The number of hydrogen-bond acceptors (Lipinski definition) is 3. The zero-order chi connectivity index (χ0) is 14.0. The maximum absolute atomic E-state index is 12.1. The normalized spacial score (nSPS) is 23.1. The van der Waals surface area contributed by atoms with Crippen LogP contribution in [0.25, 0.3) is 0 Å². The van der Waals surface area contributed by atoms with E-state index in [-0.39, 0.29) is 27.7 Å². The number of carbonyl (C=O) groups excluding carboxylic acids is 1. The van der Waals surface area contributed by atoms with Crippen molar-refractivity contribution in [3.05, 3.63) is 27.7 Å². The van der Waals surface area contributed by atoms with Crippen molar-refractivity contribution in [2.45, 2.75) is 37.8 Å². The first-order valence-electron chi connectivity index (χ1n) is 6.22. The van der Waals surface area contributed by atoms with Crippen molar-refractivity contribution < 1.29 is 9.90 Å². The third-order valence-electron chi connectivity index (χ3n) is 3.39. The minimum Gasteiger partial charge on any atom is -0.396 e. The van der Waals surface area contributed by atoms with Crippen molar-refractivity contribution in [2.24, 2.45) is 0 Å². The van der Waals surface area contributed by atoms with Gasteiger partial charge in [0.25, 0.3) is 5.91 Å². The molecular weight excluding hydrogens is 287 g/mol. The largest absolute Gasteiger partial charge is 0.396 e. The SMILES string of the molecule is Nc1c(Cl)cc(C(=O)N[C@@H]2CCCC[C@H]2O)cc1Cl. The lowest BCUT2D eigenvalue weighted by Gasteiger charge is -2.28. The van der Waals surface area contributed by atoms with Gasteiger partial charge in [0.15, 0.2) is 0 Å². The lowest BCUT2D eigenvalue weighted by atomic mass is 9.92. The highest BCUT2D eigenvalue weighted by molar-refractivity contribution is 6.39. The average molecular weight is 303 g/mol. The van der Waals surface area contributed by atoms with Crippen LogP contribution in [0.3, 0.4) is 0 Å². The molecule has 0 radical (unpaired) electrons. The Balaban J connectivity index is 2.11. The number of halogens is 2. The van der Waals surface area contributed by atoms with Gasteiger partial charge in [-0.25, -0.2) is 0 Å². The monoisotopic (exact) mass is 302 g/mol. The second-order valence-corrected chi connectivity index (χ2v) is 5.60. The maximum atomic E-state index is 12.1. The smallest absolute Gasteiger partial charge is 0.251 e.